The molecule has 0 radical (unpaired) electrons. The van der Waals surface area contributed by atoms with E-state index in [4.69, 9.17) is 14.2 Å². The van der Waals surface area contributed by atoms with E-state index >= 15 is 0 Å². The van der Waals surface area contributed by atoms with Crippen molar-refractivity contribution in [2.45, 2.75) is 297 Å². The van der Waals surface area contributed by atoms with Crippen LogP contribution in [0.5, 0.6) is 0 Å². The van der Waals surface area contributed by atoms with Gasteiger partial charge in [0.1, 0.15) is 13.2 Å². The quantitative estimate of drug-likeness (QED) is 0.0261. The Morgan fingerprint density at radius 2 is 0.506 bits per heavy atom. The SMILES string of the molecule is CC/C=C\C/C=C\C/C=C\C/C=C\C/C=C\C/C=C\C/C=C\CCCCCCCC(=O)OCC(COC(=O)CC/C=C\C/C=C\C/C=C\C/C=C\CC)OC(=O)CCCCCCCCCCCCC/C=C\CCCCCCCCCC. The first-order valence-electron chi connectivity index (χ1n) is 33.3. The number of ether oxygens (including phenoxy) is 3. The molecule has 0 aromatic rings. The van der Waals surface area contributed by atoms with Gasteiger partial charge in [-0.25, -0.2) is 0 Å². The molecule has 0 aromatic carbocycles. The number of carbonyl (C=O) groups is 3. The number of hydrogen-bond donors (Lipinski definition) is 0. The topological polar surface area (TPSA) is 78.9 Å². The maximum atomic E-state index is 12.9. The largest absolute Gasteiger partial charge is 0.462 e. The molecular formula is C75H122O6. The fourth-order valence-corrected chi connectivity index (χ4v) is 8.90. The Balaban J connectivity index is 4.41. The molecule has 1 unspecified atom stereocenters. The van der Waals surface area contributed by atoms with Crippen molar-refractivity contribution in [1.82, 2.24) is 0 Å². The molecule has 0 saturated heterocycles. The number of rotatable bonds is 59. The van der Waals surface area contributed by atoms with E-state index in [1.807, 2.05) is 6.08 Å². The Kier molecular flexibility index (Phi) is 63.9. The minimum Gasteiger partial charge on any atom is -0.462 e. The number of allylic oxidation sites excluding steroid dienone is 24. The highest BCUT2D eigenvalue weighted by Crippen LogP contribution is 2.15. The molecule has 0 aliphatic rings. The molecule has 0 heterocycles. The van der Waals surface area contributed by atoms with Crippen LogP contribution in [0.2, 0.25) is 0 Å². The lowest BCUT2D eigenvalue weighted by Crippen LogP contribution is -2.30. The van der Waals surface area contributed by atoms with Crippen molar-refractivity contribution in [3.05, 3.63) is 146 Å². The van der Waals surface area contributed by atoms with E-state index < -0.39 is 6.10 Å². The highest BCUT2D eigenvalue weighted by molar-refractivity contribution is 5.71. The fourth-order valence-electron chi connectivity index (χ4n) is 8.90. The third-order valence-electron chi connectivity index (χ3n) is 13.8. The van der Waals surface area contributed by atoms with Crippen LogP contribution in [0.15, 0.2) is 146 Å². The first-order chi connectivity index (χ1) is 40.0. The first-order valence-corrected chi connectivity index (χ1v) is 33.3. The molecule has 0 amide bonds. The summed E-state index contributed by atoms with van der Waals surface area (Å²) in [6, 6.07) is 0. The zero-order chi connectivity index (χ0) is 58.5. The lowest BCUT2D eigenvalue weighted by molar-refractivity contribution is -0.166. The van der Waals surface area contributed by atoms with Crippen LogP contribution in [0.3, 0.4) is 0 Å². The van der Waals surface area contributed by atoms with Crippen LogP contribution in [0.4, 0.5) is 0 Å². The van der Waals surface area contributed by atoms with Crippen molar-refractivity contribution in [2.75, 3.05) is 13.2 Å². The monoisotopic (exact) mass is 1120 g/mol. The highest BCUT2D eigenvalue weighted by Gasteiger charge is 2.19. The molecule has 0 rings (SSSR count). The summed E-state index contributed by atoms with van der Waals surface area (Å²) in [5, 5.41) is 0. The van der Waals surface area contributed by atoms with Gasteiger partial charge in [-0.15, -0.1) is 0 Å². The fraction of sp³-hybridized carbons (Fsp3) is 0.640. The van der Waals surface area contributed by atoms with Gasteiger partial charge in [-0.1, -0.05) is 289 Å². The second-order valence-corrected chi connectivity index (χ2v) is 21.6. The van der Waals surface area contributed by atoms with Gasteiger partial charge in [-0.05, 0) is 128 Å². The molecule has 1 atom stereocenters. The van der Waals surface area contributed by atoms with Crippen molar-refractivity contribution >= 4 is 17.9 Å². The van der Waals surface area contributed by atoms with Gasteiger partial charge in [0.05, 0.1) is 0 Å². The molecule has 81 heavy (non-hydrogen) atoms. The minimum atomic E-state index is -0.823. The highest BCUT2D eigenvalue weighted by atomic mass is 16.6. The van der Waals surface area contributed by atoms with Crippen LogP contribution >= 0.6 is 0 Å². The molecular weight excluding hydrogens is 997 g/mol. The molecule has 0 aromatic heterocycles. The number of unbranched alkanes of at least 4 members (excludes halogenated alkanes) is 24. The minimum absolute atomic E-state index is 0.115. The van der Waals surface area contributed by atoms with Gasteiger partial charge in [-0.2, -0.15) is 0 Å². The smallest absolute Gasteiger partial charge is 0.306 e. The van der Waals surface area contributed by atoms with Gasteiger partial charge < -0.3 is 14.2 Å². The molecule has 458 valence electrons. The molecule has 6 nitrogen and oxygen atoms in total. The Bertz CT molecular complexity index is 1760. The molecule has 0 spiro atoms. The van der Waals surface area contributed by atoms with Crippen LogP contribution in [0, 0.1) is 0 Å². The maximum absolute atomic E-state index is 12.9. The summed E-state index contributed by atoms with van der Waals surface area (Å²) in [5.41, 5.74) is 0. The van der Waals surface area contributed by atoms with E-state index in [0.717, 1.165) is 128 Å². The summed E-state index contributed by atoms with van der Waals surface area (Å²) in [6.45, 7) is 6.34. The second kappa shape index (κ2) is 67.8. The third kappa shape index (κ3) is 66.0. The first kappa shape index (κ1) is 76.3. The number of hydrogen-bond acceptors (Lipinski definition) is 6. The Morgan fingerprint density at radius 1 is 0.259 bits per heavy atom. The van der Waals surface area contributed by atoms with Gasteiger partial charge in [-0.3, -0.25) is 14.4 Å². The van der Waals surface area contributed by atoms with Crippen molar-refractivity contribution in [2.24, 2.45) is 0 Å². The molecule has 0 bridgehead atoms. The van der Waals surface area contributed by atoms with Gasteiger partial charge in [0, 0.05) is 19.3 Å². The van der Waals surface area contributed by atoms with E-state index in [0.29, 0.717) is 19.3 Å². The van der Waals surface area contributed by atoms with Crippen molar-refractivity contribution in [1.29, 1.82) is 0 Å². The molecule has 0 fully saturated rings. The summed E-state index contributed by atoms with van der Waals surface area (Å²) in [7, 11) is 0. The normalized spacial score (nSPS) is 13.1. The van der Waals surface area contributed by atoms with Crippen LogP contribution in [0.25, 0.3) is 0 Å². The van der Waals surface area contributed by atoms with E-state index in [1.165, 1.54) is 116 Å². The van der Waals surface area contributed by atoms with Gasteiger partial charge in [0.15, 0.2) is 6.10 Å². The van der Waals surface area contributed by atoms with E-state index in [1.54, 1.807) is 0 Å². The predicted molar refractivity (Wildman–Crippen MR) is 352 cm³/mol. The lowest BCUT2D eigenvalue weighted by Gasteiger charge is -2.18. The number of carbonyl (C=O) groups excluding carboxylic acids is 3. The summed E-state index contributed by atoms with van der Waals surface area (Å²) in [5.74, 6) is -1.02. The lowest BCUT2D eigenvalue weighted by atomic mass is 10.0. The van der Waals surface area contributed by atoms with E-state index in [-0.39, 0.29) is 37.5 Å². The van der Waals surface area contributed by atoms with Crippen LogP contribution < -0.4 is 0 Å². The zero-order valence-electron chi connectivity index (χ0n) is 52.5. The van der Waals surface area contributed by atoms with Crippen molar-refractivity contribution in [3.8, 4) is 0 Å². The molecule has 0 saturated carbocycles. The van der Waals surface area contributed by atoms with Crippen molar-refractivity contribution < 1.29 is 28.6 Å². The van der Waals surface area contributed by atoms with Crippen LogP contribution in [-0.2, 0) is 28.6 Å². The molecule has 0 N–H and O–H groups in total. The standard InChI is InChI=1S/C75H122O6/c1-4-7-10-13-16-19-22-25-27-29-31-33-35-36-37-38-40-41-43-45-47-50-53-56-59-62-65-68-74(77)80-71-72(70-79-73(76)67-64-61-58-55-52-49-24-21-18-15-12-9-6-3)81-75(78)69-66-63-60-57-54-51-48-46-44-42-39-34-32-30-28-26-23-20-17-14-11-8-5-2/h7,9-10,12,16,18-19,21,25,27,30-33,36-37,40-41,45,47,49,52,58,61,72H,4-6,8,11,13-15,17,20,22-24,26,28-29,34-35,38-39,42-44,46,48,50-51,53-57,59-60,62-71H2,1-3H3/b10-7-,12-9-,19-16-,21-18-,27-25-,32-30-,33-31-,37-36-,41-40-,47-45-,52-49-,61-58-. The molecule has 6 heteroatoms. The Morgan fingerprint density at radius 3 is 0.840 bits per heavy atom. The average molecular weight is 1120 g/mol. The summed E-state index contributed by atoms with van der Waals surface area (Å²) in [6.07, 6.45) is 97.4. The second-order valence-electron chi connectivity index (χ2n) is 21.6. The third-order valence-corrected chi connectivity index (χ3v) is 13.8. The van der Waals surface area contributed by atoms with Crippen molar-refractivity contribution in [3.63, 3.8) is 0 Å². The molecule has 0 aliphatic heterocycles. The van der Waals surface area contributed by atoms with E-state index in [2.05, 4.69) is 161 Å². The Hall–Kier alpha value is -4.71. The summed E-state index contributed by atoms with van der Waals surface area (Å²) < 4.78 is 16.8. The van der Waals surface area contributed by atoms with Crippen LogP contribution in [-0.4, -0.2) is 37.2 Å². The van der Waals surface area contributed by atoms with Gasteiger partial charge in [0.25, 0.3) is 0 Å². The zero-order valence-corrected chi connectivity index (χ0v) is 52.5. The Labute approximate surface area is 499 Å². The number of esters is 3. The van der Waals surface area contributed by atoms with Gasteiger partial charge in [0.2, 0.25) is 0 Å². The molecule has 0 aliphatic carbocycles. The average Bonchev–Trinajstić information content (AvgIpc) is 3.46. The van der Waals surface area contributed by atoms with Gasteiger partial charge >= 0.3 is 17.9 Å². The predicted octanol–water partition coefficient (Wildman–Crippen LogP) is 23.1. The maximum Gasteiger partial charge on any atom is 0.306 e. The van der Waals surface area contributed by atoms with E-state index in [9.17, 15) is 14.4 Å². The van der Waals surface area contributed by atoms with Crippen LogP contribution in [0.1, 0.15) is 290 Å². The summed E-state index contributed by atoms with van der Waals surface area (Å²) >= 11 is 0. The summed E-state index contributed by atoms with van der Waals surface area (Å²) in [4.78, 5) is 38.3.